The third kappa shape index (κ3) is 6.71. The lowest BCUT2D eigenvalue weighted by Crippen LogP contribution is -2.41. The number of carbonyl (C=O) groups is 1. The van der Waals surface area contributed by atoms with Crippen molar-refractivity contribution >= 4 is 23.5 Å². The largest absolute Gasteiger partial charge is 0.455 e. The molecule has 4 rings (SSSR count). The Balaban J connectivity index is 1.31. The second-order valence-electron chi connectivity index (χ2n) is 8.66. The van der Waals surface area contributed by atoms with Gasteiger partial charge in [0.15, 0.2) is 10.9 Å². The van der Waals surface area contributed by atoms with Gasteiger partial charge in [-0.3, -0.25) is 9.69 Å². The van der Waals surface area contributed by atoms with Gasteiger partial charge in [0.25, 0.3) is 5.91 Å². The number of amides is 1. The Kier molecular flexibility index (Phi) is 8.63. The van der Waals surface area contributed by atoms with Gasteiger partial charge in [0.2, 0.25) is 0 Å². The van der Waals surface area contributed by atoms with Crippen molar-refractivity contribution in [1.29, 1.82) is 0 Å². The number of nitrogens with one attached hydrogen (secondary N) is 1. The first-order valence-corrected chi connectivity index (χ1v) is 13.1. The fourth-order valence-corrected chi connectivity index (χ4v) is 5.01. The predicted molar refractivity (Wildman–Crippen MR) is 130 cm³/mol. The van der Waals surface area contributed by atoms with Gasteiger partial charge in [0.05, 0.1) is 19.0 Å². The van der Waals surface area contributed by atoms with Crippen molar-refractivity contribution in [2.45, 2.75) is 56.5 Å². The fourth-order valence-electron chi connectivity index (χ4n) is 4.24. The van der Waals surface area contributed by atoms with E-state index in [-0.39, 0.29) is 5.91 Å². The Labute approximate surface area is 200 Å². The molecule has 0 spiro atoms. The van der Waals surface area contributed by atoms with Crippen LogP contribution in [-0.4, -0.2) is 72.8 Å². The summed E-state index contributed by atoms with van der Waals surface area (Å²) < 4.78 is 11.1. The minimum Gasteiger partial charge on any atom is -0.455 e. The topological polar surface area (TPSA) is 83.7 Å². The highest BCUT2D eigenvalue weighted by Gasteiger charge is 2.21. The molecule has 4 heterocycles. The van der Waals surface area contributed by atoms with Crippen LogP contribution in [0.3, 0.4) is 0 Å². The Morgan fingerprint density at radius 1 is 1.21 bits per heavy atom. The first kappa shape index (κ1) is 24.0. The highest BCUT2D eigenvalue weighted by molar-refractivity contribution is 7.98. The van der Waals surface area contributed by atoms with Gasteiger partial charge in [-0.1, -0.05) is 18.7 Å². The molecule has 180 valence electrons. The summed E-state index contributed by atoms with van der Waals surface area (Å²) in [6.45, 7) is 10.2. The molecule has 0 aromatic carbocycles. The van der Waals surface area contributed by atoms with E-state index in [4.69, 9.17) is 19.1 Å². The van der Waals surface area contributed by atoms with Crippen LogP contribution in [-0.2, 0) is 16.9 Å². The van der Waals surface area contributed by atoms with Gasteiger partial charge >= 0.3 is 0 Å². The first-order valence-electron chi connectivity index (χ1n) is 12.1. The molecule has 2 aliphatic heterocycles. The molecule has 2 aliphatic rings. The van der Waals surface area contributed by atoms with Crippen LogP contribution >= 0.6 is 11.8 Å². The number of aromatic nitrogens is 2. The molecule has 2 aromatic heterocycles. The van der Waals surface area contributed by atoms with Gasteiger partial charge in [0.1, 0.15) is 11.6 Å². The van der Waals surface area contributed by atoms with Gasteiger partial charge < -0.3 is 19.4 Å². The highest BCUT2D eigenvalue weighted by atomic mass is 32.2. The van der Waals surface area contributed by atoms with Crippen LogP contribution in [0.2, 0.25) is 0 Å². The molecule has 33 heavy (non-hydrogen) atoms. The molecule has 1 N–H and O–H groups in total. The molecule has 0 saturated carbocycles. The number of morpholine rings is 1. The van der Waals surface area contributed by atoms with Crippen molar-refractivity contribution in [1.82, 2.24) is 20.2 Å². The molecular weight excluding hydrogens is 438 g/mol. The summed E-state index contributed by atoms with van der Waals surface area (Å²) in [6, 6.07) is 6.23. The van der Waals surface area contributed by atoms with E-state index in [0.717, 1.165) is 68.2 Å². The van der Waals surface area contributed by atoms with Gasteiger partial charge in [-0.2, -0.15) is 0 Å². The number of thioether (sulfide) groups is 1. The summed E-state index contributed by atoms with van der Waals surface area (Å²) in [5, 5.41) is 3.70. The summed E-state index contributed by atoms with van der Waals surface area (Å²) in [5.74, 6) is 2.53. The number of anilines is 1. The summed E-state index contributed by atoms with van der Waals surface area (Å²) in [7, 11) is 0. The lowest BCUT2D eigenvalue weighted by molar-refractivity contribution is 0.0382. The Morgan fingerprint density at radius 2 is 2.06 bits per heavy atom. The van der Waals surface area contributed by atoms with Crippen molar-refractivity contribution in [2.75, 3.05) is 50.8 Å². The maximum Gasteiger partial charge on any atom is 0.287 e. The number of rotatable bonds is 9. The quantitative estimate of drug-likeness (QED) is 0.438. The predicted octanol–water partition coefficient (Wildman–Crippen LogP) is 3.37. The van der Waals surface area contributed by atoms with Crippen LogP contribution in [0.1, 0.15) is 55.1 Å². The molecular formula is C24H35N5O3S. The zero-order valence-electron chi connectivity index (χ0n) is 19.7. The van der Waals surface area contributed by atoms with E-state index >= 15 is 0 Å². The summed E-state index contributed by atoms with van der Waals surface area (Å²) in [6.07, 6.45) is 4.58. The highest BCUT2D eigenvalue weighted by Crippen LogP contribution is 2.27. The Hall–Kier alpha value is -2.10. The number of piperidine rings is 1. The van der Waals surface area contributed by atoms with Gasteiger partial charge in [-0.25, -0.2) is 9.97 Å². The first-order chi connectivity index (χ1) is 16.1. The van der Waals surface area contributed by atoms with Gasteiger partial charge in [-0.15, -0.1) is 0 Å². The molecule has 1 atom stereocenters. The van der Waals surface area contributed by atoms with Crippen molar-refractivity contribution in [3.63, 3.8) is 0 Å². The van der Waals surface area contributed by atoms with E-state index in [2.05, 4.69) is 35.0 Å². The average molecular weight is 474 g/mol. The number of carbonyl (C=O) groups excluding carboxylic acids is 1. The van der Waals surface area contributed by atoms with Crippen LogP contribution in [0, 0.1) is 0 Å². The second-order valence-corrected chi connectivity index (χ2v) is 9.60. The smallest absolute Gasteiger partial charge is 0.287 e. The molecule has 9 heteroatoms. The van der Waals surface area contributed by atoms with E-state index in [9.17, 15) is 4.79 Å². The fraction of sp³-hybridized carbons (Fsp3) is 0.625. The molecule has 8 nitrogen and oxygen atoms in total. The Morgan fingerprint density at radius 3 is 2.85 bits per heavy atom. The number of hydrogen-bond donors (Lipinski definition) is 1. The van der Waals surface area contributed by atoms with Crippen LogP contribution in [0.4, 0.5) is 5.82 Å². The van der Waals surface area contributed by atoms with Gasteiger partial charge in [-0.05, 0) is 44.7 Å². The second kappa shape index (κ2) is 11.9. The number of nitrogens with zero attached hydrogens (tertiary/aromatic N) is 4. The molecule has 0 bridgehead atoms. The van der Waals surface area contributed by atoms with Crippen LogP contribution in [0.5, 0.6) is 0 Å². The third-order valence-corrected chi connectivity index (χ3v) is 7.12. The summed E-state index contributed by atoms with van der Waals surface area (Å²) >= 11 is 1.55. The van der Waals surface area contributed by atoms with Crippen molar-refractivity contribution in [3.05, 3.63) is 35.4 Å². The number of hydrogen-bond acceptors (Lipinski definition) is 8. The lowest BCUT2D eigenvalue weighted by Gasteiger charge is -2.34. The maximum absolute atomic E-state index is 12.4. The molecule has 2 fully saturated rings. The van der Waals surface area contributed by atoms with E-state index in [1.807, 2.05) is 6.07 Å². The minimum atomic E-state index is -0.176. The molecule has 2 saturated heterocycles. The normalized spacial score (nSPS) is 19.6. The summed E-state index contributed by atoms with van der Waals surface area (Å²) in [4.78, 5) is 26.7. The molecule has 2 aromatic rings. The van der Waals surface area contributed by atoms with E-state index in [0.29, 0.717) is 24.1 Å². The zero-order valence-corrected chi connectivity index (χ0v) is 20.5. The minimum absolute atomic E-state index is 0.176. The third-order valence-electron chi connectivity index (χ3n) is 6.25. The molecule has 0 radical (unpaired) electrons. The zero-order chi connectivity index (χ0) is 23.0. The number of furan rings is 1. The van der Waals surface area contributed by atoms with E-state index in [1.54, 1.807) is 17.8 Å². The SMILES string of the molecule is CCc1cc(N2CCCCC2C)nc(SCc2ccc(C(=O)NCCN3CCOCC3)o2)n1. The van der Waals surface area contributed by atoms with Crippen LogP contribution < -0.4 is 10.2 Å². The lowest BCUT2D eigenvalue weighted by atomic mass is 10.0. The number of ether oxygens (including phenoxy) is 1. The molecule has 0 aliphatic carbocycles. The Bertz CT molecular complexity index is 915. The number of aryl methyl sites for hydroxylation is 1. The van der Waals surface area contributed by atoms with Crippen molar-refractivity contribution in [2.24, 2.45) is 0 Å². The summed E-state index contributed by atoms with van der Waals surface area (Å²) in [5.41, 5.74) is 1.06. The van der Waals surface area contributed by atoms with Crippen molar-refractivity contribution in [3.8, 4) is 0 Å². The van der Waals surface area contributed by atoms with Crippen molar-refractivity contribution < 1.29 is 13.9 Å². The molecule has 1 unspecified atom stereocenters. The average Bonchev–Trinajstić information content (AvgIpc) is 3.33. The van der Waals surface area contributed by atoms with E-state index < -0.39 is 0 Å². The maximum atomic E-state index is 12.4. The van der Waals surface area contributed by atoms with Crippen LogP contribution in [0.25, 0.3) is 0 Å². The molecule has 1 amide bonds. The van der Waals surface area contributed by atoms with E-state index in [1.165, 1.54) is 19.3 Å². The monoisotopic (exact) mass is 473 g/mol. The van der Waals surface area contributed by atoms with Crippen LogP contribution in [0.15, 0.2) is 27.8 Å². The van der Waals surface area contributed by atoms with Gasteiger partial charge in [0, 0.05) is 50.5 Å². The standard InChI is InChI=1S/C24H35N5O3S/c1-3-19-16-22(29-10-5-4-6-18(29)2)27-24(26-19)33-17-20-7-8-21(32-20)23(30)25-9-11-28-12-14-31-15-13-28/h7-8,16,18H,3-6,9-15,17H2,1-2H3,(H,25,30).